The maximum Gasteiger partial charge on any atom is 0.115 e. The number of benzene rings is 3. The second-order valence-electron chi connectivity index (χ2n) is 9.76. The highest BCUT2D eigenvalue weighted by molar-refractivity contribution is 5.15. The Morgan fingerprint density at radius 1 is 0.694 bits per heavy atom. The average molecular weight is 493 g/mol. The quantitative estimate of drug-likeness (QED) is 0.416. The Labute approximate surface area is 213 Å². The average Bonchev–Trinajstić information content (AvgIpc) is 2.89. The van der Waals surface area contributed by atoms with Crippen LogP contribution in [0.15, 0.2) is 91.0 Å². The predicted octanol–water partition coefficient (Wildman–Crippen LogP) is 4.27. The summed E-state index contributed by atoms with van der Waals surface area (Å²) in [6, 6.07) is 29.5. The fraction of sp³-hybridized carbons (Fsp3) is 0.400. The number of ether oxygens (including phenoxy) is 4. The molecule has 6 nitrogen and oxygen atoms in total. The monoisotopic (exact) mass is 492 g/mol. The maximum absolute atomic E-state index is 11.3. The van der Waals surface area contributed by atoms with E-state index in [0.717, 1.165) is 16.7 Å². The molecule has 1 aliphatic heterocycles. The molecule has 0 aromatic heterocycles. The summed E-state index contributed by atoms with van der Waals surface area (Å²) < 4.78 is 24.9. The van der Waals surface area contributed by atoms with Crippen molar-refractivity contribution in [3.05, 3.63) is 108 Å². The molecule has 3 aromatic rings. The van der Waals surface area contributed by atoms with Gasteiger partial charge in [0, 0.05) is 0 Å². The van der Waals surface area contributed by atoms with Crippen LogP contribution in [0.3, 0.4) is 0 Å². The van der Waals surface area contributed by atoms with E-state index in [4.69, 9.17) is 18.9 Å². The van der Waals surface area contributed by atoms with Gasteiger partial charge in [0.05, 0.1) is 32.0 Å². The third kappa shape index (κ3) is 7.23. The minimum atomic E-state index is -1.30. The van der Waals surface area contributed by atoms with Gasteiger partial charge in [0.25, 0.3) is 0 Å². The summed E-state index contributed by atoms with van der Waals surface area (Å²) in [7, 11) is 0. The molecule has 6 heteroatoms. The predicted molar refractivity (Wildman–Crippen MR) is 137 cm³/mol. The van der Waals surface area contributed by atoms with Crippen LogP contribution in [-0.4, -0.2) is 52.9 Å². The molecule has 0 aliphatic carbocycles. The molecular weight excluding hydrogens is 456 g/mol. The van der Waals surface area contributed by atoms with Crippen molar-refractivity contribution in [2.24, 2.45) is 0 Å². The van der Waals surface area contributed by atoms with Crippen molar-refractivity contribution < 1.29 is 29.2 Å². The lowest BCUT2D eigenvalue weighted by molar-refractivity contribution is -0.287. The first-order valence-electron chi connectivity index (χ1n) is 12.4. The zero-order chi connectivity index (χ0) is 25.4. The number of aliphatic hydroxyl groups is 2. The smallest absolute Gasteiger partial charge is 0.115 e. The second kappa shape index (κ2) is 12.6. The summed E-state index contributed by atoms with van der Waals surface area (Å²) >= 11 is 0. The first kappa shape index (κ1) is 26.5. The van der Waals surface area contributed by atoms with Crippen LogP contribution in [0, 0.1) is 0 Å². The van der Waals surface area contributed by atoms with Gasteiger partial charge in [-0.05, 0) is 30.5 Å². The SMILES string of the molecule is CC(C)(O)[C@@H]1O[C@H](COCc2ccccc2)[C@H](OCc2ccccc2)[C@H](OCc2ccccc2)[C@H]1O. The largest absolute Gasteiger partial charge is 0.388 e. The molecule has 0 spiro atoms. The van der Waals surface area contributed by atoms with Crippen LogP contribution in [0.1, 0.15) is 30.5 Å². The van der Waals surface area contributed by atoms with Crippen molar-refractivity contribution >= 4 is 0 Å². The molecular formula is C30H36O6. The highest BCUT2D eigenvalue weighted by atomic mass is 16.6. The summed E-state index contributed by atoms with van der Waals surface area (Å²) in [5.41, 5.74) is 1.73. The molecule has 4 rings (SSSR count). The minimum absolute atomic E-state index is 0.221. The molecule has 1 saturated heterocycles. The number of hydrogen-bond donors (Lipinski definition) is 2. The molecule has 0 amide bonds. The highest BCUT2D eigenvalue weighted by Gasteiger charge is 2.51. The van der Waals surface area contributed by atoms with E-state index in [1.807, 2.05) is 91.0 Å². The highest BCUT2D eigenvalue weighted by Crippen LogP contribution is 2.32. The van der Waals surface area contributed by atoms with E-state index in [0.29, 0.717) is 19.8 Å². The first-order chi connectivity index (χ1) is 17.4. The van der Waals surface area contributed by atoms with Gasteiger partial charge in [-0.15, -0.1) is 0 Å². The normalized spacial score (nSPS) is 24.5. The molecule has 3 aromatic carbocycles. The van der Waals surface area contributed by atoms with Crippen molar-refractivity contribution in [1.82, 2.24) is 0 Å². The van der Waals surface area contributed by atoms with Crippen LogP contribution in [0.2, 0.25) is 0 Å². The lowest BCUT2D eigenvalue weighted by Crippen LogP contribution is -2.65. The summed E-state index contributed by atoms with van der Waals surface area (Å²) in [6.07, 6.45) is -3.87. The minimum Gasteiger partial charge on any atom is -0.388 e. The van der Waals surface area contributed by atoms with Crippen molar-refractivity contribution in [1.29, 1.82) is 0 Å². The van der Waals surface area contributed by atoms with Crippen molar-refractivity contribution in [3.8, 4) is 0 Å². The Morgan fingerprint density at radius 3 is 1.61 bits per heavy atom. The lowest BCUT2D eigenvalue weighted by Gasteiger charge is -2.47. The van der Waals surface area contributed by atoms with Crippen LogP contribution >= 0.6 is 0 Å². The first-order valence-corrected chi connectivity index (χ1v) is 12.4. The van der Waals surface area contributed by atoms with E-state index in [1.54, 1.807) is 13.8 Å². The van der Waals surface area contributed by atoms with Crippen molar-refractivity contribution in [2.45, 2.75) is 69.8 Å². The van der Waals surface area contributed by atoms with E-state index in [-0.39, 0.29) is 6.61 Å². The standard InChI is InChI=1S/C30H36O6/c1-30(2,32)29-26(31)28(35-20-24-16-10-5-11-17-24)27(34-19-23-14-8-4-9-15-23)25(36-29)21-33-18-22-12-6-3-7-13-22/h3-17,25-29,31-32H,18-21H2,1-2H3/t25-,26-,27+,28-,29-/m1/s1. The fourth-order valence-electron chi connectivity index (χ4n) is 4.44. The maximum atomic E-state index is 11.3. The van der Waals surface area contributed by atoms with Crippen molar-refractivity contribution in [3.63, 3.8) is 0 Å². The van der Waals surface area contributed by atoms with Crippen LogP contribution in [0.5, 0.6) is 0 Å². The second-order valence-corrected chi connectivity index (χ2v) is 9.76. The summed E-state index contributed by atoms with van der Waals surface area (Å²) in [5.74, 6) is 0. The Bertz CT molecular complexity index is 1020. The van der Waals surface area contributed by atoms with Gasteiger partial charge in [0.15, 0.2) is 0 Å². The van der Waals surface area contributed by atoms with E-state index in [9.17, 15) is 10.2 Å². The van der Waals surface area contributed by atoms with Gasteiger partial charge < -0.3 is 29.2 Å². The molecule has 1 heterocycles. The van der Waals surface area contributed by atoms with Crippen LogP contribution in [0.4, 0.5) is 0 Å². The van der Waals surface area contributed by atoms with E-state index < -0.39 is 36.1 Å². The Kier molecular flexibility index (Phi) is 9.26. The zero-order valence-electron chi connectivity index (χ0n) is 20.9. The molecule has 1 fully saturated rings. The summed E-state index contributed by atoms with van der Waals surface area (Å²) in [4.78, 5) is 0. The Hall–Kier alpha value is -2.58. The number of hydrogen-bond acceptors (Lipinski definition) is 6. The van der Waals surface area contributed by atoms with Gasteiger partial charge in [-0.1, -0.05) is 91.0 Å². The molecule has 2 N–H and O–H groups in total. The lowest BCUT2D eigenvalue weighted by atomic mass is 9.86. The molecule has 0 saturated carbocycles. The van der Waals surface area contributed by atoms with E-state index >= 15 is 0 Å². The number of rotatable bonds is 11. The third-order valence-electron chi connectivity index (χ3n) is 6.32. The van der Waals surface area contributed by atoms with E-state index in [1.165, 1.54) is 0 Å². The molecule has 0 radical (unpaired) electrons. The van der Waals surface area contributed by atoms with Gasteiger partial charge in [-0.25, -0.2) is 0 Å². The van der Waals surface area contributed by atoms with Gasteiger partial charge in [0.1, 0.15) is 30.5 Å². The van der Waals surface area contributed by atoms with Gasteiger partial charge in [0.2, 0.25) is 0 Å². The Morgan fingerprint density at radius 2 is 1.14 bits per heavy atom. The third-order valence-corrected chi connectivity index (χ3v) is 6.32. The van der Waals surface area contributed by atoms with E-state index in [2.05, 4.69) is 0 Å². The van der Waals surface area contributed by atoms with Gasteiger partial charge >= 0.3 is 0 Å². The van der Waals surface area contributed by atoms with Crippen molar-refractivity contribution in [2.75, 3.05) is 6.61 Å². The molecule has 36 heavy (non-hydrogen) atoms. The topological polar surface area (TPSA) is 77.4 Å². The van der Waals surface area contributed by atoms with Gasteiger partial charge in [-0.3, -0.25) is 0 Å². The fourth-order valence-corrected chi connectivity index (χ4v) is 4.44. The molecule has 0 unspecified atom stereocenters. The molecule has 5 atom stereocenters. The van der Waals surface area contributed by atoms with Crippen LogP contribution < -0.4 is 0 Å². The summed E-state index contributed by atoms with van der Waals surface area (Å²) in [5, 5.41) is 22.1. The molecule has 192 valence electrons. The zero-order valence-corrected chi connectivity index (χ0v) is 20.9. The Balaban J connectivity index is 1.54. The van der Waals surface area contributed by atoms with Gasteiger partial charge in [-0.2, -0.15) is 0 Å². The van der Waals surface area contributed by atoms with Crippen LogP contribution in [-0.2, 0) is 38.8 Å². The van der Waals surface area contributed by atoms with Crippen LogP contribution in [0.25, 0.3) is 0 Å². The molecule has 1 aliphatic rings. The molecule has 0 bridgehead atoms. The summed E-state index contributed by atoms with van der Waals surface area (Å²) in [6.45, 7) is 4.51. The number of aliphatic hydroxyl groups excluding tert-OH is 1.